The molecule has 8 heteroatoms. The lowest BCUT2D eigenvalue weighted by molar-refractivity contribution is -0.125. The van der Waals surface area contributed by atoms with E-state index in [1.54, 1.807) is 24.3 Å². The zero-order valence-corrected chi connectivity index (χ0v) is 15.8. The van der Waals surface area contributed by atoms with Crippen LogP contribution in [0.3, 0.4) is 0 Å². The van der Waals surface area contributed by atoms with Crippen molar-refractivity contribution < 1.29 is 19.1 Å². The zero-order chi connectivity index (χ0) is 20.1. The van der Waals surface area contributed by atoms with Crippen LogP contribution >= 0.6 is 0 Å². The lowest BCUT2D eigenvalue weighted by atomic mass is 10.1. The molecule has 2 N–H and O–H groups in total. The SMILES string of the molecule is O=C1C[C@@H](C(=O)Nc2ccc(Oc3ccccc3)cc2)N=C(N2CCOCC2)N1. The van der Waals surface area contributed by atoms with E-state index in [9.17, 15) is 9.59 Å². The molecule has 0 aromatic heterocycles. The summed E-state index contributed by atoms with van der Waals surface area (Å²) in [5.74, 6) is 1.31. The molecule has 0 radical (unpaired) electrons. The third kappa shape index (κ3) is 4.91. The van der Waals surface area contributed by atoms with Gasteiger partial charge in [0.05, 0.1) is 19.6 Å². The minimum atomic E-state index is -0.762. The van der Waals surface area contributed by atoms with Crippen LogP contribution in [0.1, 0.15) is 6.42 Å². The predicted octanol–water partition coefficient (Wildman–Crippen LogP) is 1.99. The standard InChI is InChI=1S/C21H22N4O4/c26-19-14-18(23-21(24-19)25-10-12-28-13-11-25)20(27)22-15-6-8-17(9-7-15)29-16-4-2-1-3-5-16/h1-9,18H,10-14H2,(H,22,27)(H,23,24,26)/t18-/m0/s1. The maximum absolute atomic E-state index is 12.6. The Balaban J connectivity index is 1.39. The highest BCUT2D eigenvalue weighted by Crippen LogP contribution is 2.23. The smallest absolute Gasteiger partial charge is 0.249 e. The van der Waals surface area contributed by atoms with Gasteiger partial charge in [0, 0.05) is 18.8 Å². The fourth-order valence-electron chi connectivity index (χ4n) is 3.12. The number of nitrogens with one attached hydrogen (secondary N) is 2. The first kappa shape index (κ1) is 18.9. The van der Waals surface area contributed by atoms with Crippen LogP contribution in [0.5, 0.6) is 11.5 Å². The Morgan fingerprint density at radius 1 is 1.07 bits per heavy atom. The van der Waals surface area contributed by atoms with Crippen molar-refractivity contribution in [2.24, 2.45) is 4.99 Å². The number of morpholine rings is 1. The highest BCUT2D eigenvalue weighted by Gasteiger charge is 2.29. The molecule has 0 saturated carbocycles. The van der Waals surface area contributed by atoms with Crippen molar-refractivity contribution in [1.82, 2.24) is 10.2 Å². The number of amides is 2. The average molecular weight is 394 g/mol. The van der Waals surface area contributed by atoms with Gasteiger partial charge in [0.1, 0.15) is 17.5 Å². The first-order valence-electron chi connectivity index (χ1n) is 9.51. The summed E-state index contributed by atoms with van der Waals surface area (Å²) < 4.78 is 11.1. The second-order valence-corrected chi connectivity index (χ2v) is 6.75. The van der Waals surface area contributed by atoms with Gasteiger partial charge in [0.2, 0.25) is 17.8 Å². The summed E-state index contributed by atoms with van der Waals surface area (Å²) >= 11 is 0. The number of rotatable bonds is 4. The number of anilines is 1. The number of ether oxygens (including phenoxy) is 2. The molecule has 2 amide bonds. The van der Waals surface area contributed by atoms with Gasteiger partial charge < -0.3 is 19.7 Å². The largest absolute Gasteiger partial charge is 0.457 e. The van der Waals surface area contributed by atoms with E-state index in [4.69, 9.17) is 9.47 Å². The second-order valence-electron chi connectivity index (χ2n) is 6.75. The fraction of sp³-hybridized carbons (Fsp3) is 0.286. The zero-order valence-electron chi connectivity index (χ0n) is 15.8. The van der Waals surface area contributed by atoms with Crippen LogP contribution in [0.4, 0.5) is 5.69 Å². The highest BCUT2D eigenvalue weighted by molar-refractivity contribution is 6.05. The van der Waals surface area contributed by atoms with Gasteiger partial charge in [-0.05, 0) is 36.4 Å². The van der Waals surface area contributed by atoms with Crippen LogP contribution < -0.4 is 15.4 Å². The molecule has 2 aliphatic rings. The van der Waals surface area contributed by atoms with Crippen molar-refractivity contribution in [2.45, 2.75) is 12.5 Å². The molecule has 2 aliphatic heterocycles. The first-order chi connectivity index (χ1) is 14.2. The normalized spacial score (nSPS) is 19.2. The molecule has 0 bridgehead atoms. The van der Waals surface area contributed by atoms with E-state index in [-0.39, 0.29) is 18.2 Å². The number of hydrogen-bond donors (Lipinski definition) is 2. The number of carbonyl (C=O) groups excluding carboxylic acids is 2. The molecule has 0 spiro atoms. The summed E-state index contributed by atoms with van der Waals surface area (Å²) in [6.45, 7) is 2.42. The molecule has 2 aromatic rings. The number of guanidine groups is 1. The molecule has 2 heterocycles. The van der Waals surface area contributed by atoms with Gasteiger partial charge in [0.15, 0.2) is 0 Å². The number of benzene rings is 2. The monoisotopic (exact) mass is 394 g/mol. The Labute approximate surface area is 168 Å². The molecule has 150 valence electrons. The second kappa shape index (κ2) is 8.74. The highest BCUT2D eigenvalue weighted by atomic mass is 16.5. The van der Waals surface area contributed by atoms with Gasteiger partial charge in [0.25, 0.3) is 0 Å². The van der Waals surface area contributed by atoms with Gasteiger partial charge in [-0.25, -0.2) is 4.99 Å². The van der Waals surface area contributed by atoms with E-state index in [1.165, 1.54) is 0 Å². The molecular weight excluding hydrogens is 372 g/mol. The summed E-state index contributed by atoms with van der Waals surface area (Å²) in [6.07, 6.45) is 0.0227. The summed E-state index contributed by atoms with van der Waals surface area (Å²) in [4.78, 5) is 31.1. The quantitative estimate of drug-likeness (QED) is 0.828. The Hall–Kier alpha value is -3.39. The molecule has 4 rings (SSSR count). The van der Waals surface area contributed by atoms with Gasteiger partial charge in [-0.1, -0.05) is 18.2 Å². The Bertz CT molecular complexity index is 893. The van der Waals surface area contributed by atoms with Crippen molar-refractivity contribution in [3.63, 3.8) is 0 Å². The lowest BCUT2D eigenvalue weighted by Gasteiger charge is -2.32. The topological polar surface area (TPSA) is 92.3 Å². The third-order valence-corrected chi connectivity index (χ3v) is 4.62. The molecule has 0 aliphatic carbocycles. The van der Waals surface area contributed by atoms with Crippen molar-refractivity contribution in [3.05, 3.63) is 54.6 Å². The van der Waals surface area contributed by atoms with E-state index in [0.717, 1.165) is 5.75 Å². The van der Waals surface area contributed by atoms with E-state index in [2.05, 4.69) is 15.6 Å². The van der Waals surface area contributed by atoms with Crippen molar-refractivity contribution in [3.8, 4) is 11.5 Å². The van der Waals surface area contributed by atoms with E-state index in [0.29, 0.717) is 43.7 Å². The number of aliphatic imine (C=N–C) groups is 1. The molecule has 2 aromatic carbocycles. The van der Waals surface area contributed by atoms with Crippen LogP contribution in [0.25, 0.3) is 0 Å². The minimum Gasteiger partial charge on any atom is -0.457 e. The van der Waals surface area contributed by atoms with Crippen LogP contribution in [0.2, 0.25) is 0 Å². The first-order valence-corrected chi connectivity index (χ1v) is 9.51. The number of para-hydroxylation sites is 1. The summed E-state index contributed by atoms with van der Waals surface area (Å²) in [7, 11) is 0. The van der Waals surface area contributed by atoms with Crippen LogP contribution in [-0.4, -0.2) is 55.0 Å². The van der Waals surface area contributed by atoms with Crippen molar-refractivity contribution >= 4 is 23.5 Å². The van der Waals surface area contributed by atoms with Crippen molar-refractivity contribution in [1.29, 1.82) is 0 Å². The fourth-order valence-corrected chi connectivity index (χ4v) is 3.12. The van der Waals surface area contributed by atoms with Gasteiger partial charge in [-0.15, -0.1) is 0 Å². The van der Waals surface area contributed by atoms with Gasteiger partial charge in [-0.3, -0.25) is 14.9 Å². The van der Waals surface area contributed by atoms with Crippen molar-refractivity contribution in [2.75, 3.05) is 31.6 Å². The average Bonchev–Trinajstić information content (AvgIpc) is 2.76. The van der Waals surface area contributed by atoms with E-state index < -0.39 is 6.04 Å². The Morgan fingerprint density at radius 2 is 1.76 bits per heavy atom. The van der Waals surface area contributed by atoms with Gasteiger partial charge >= 0.3 is 0 Å². The molecule has 1 saturated heterocycles. The van der Waals surface area contributed by atoms with Gasteiger partial charge in [-0.2, -0.15) is 0 Å². The molecule has 1 fully saturated rings. The third-order valence-electron chi connectivity index (χ3n) is 4.62. The van der Waals surface area contributed by atoms with E-state index >= 15 is 0 Å². The number of nitrogens with zero attached hydrogens (tertiary/aromatic N) is 2. The summed E-state index contributed by atoms with van der Waals surface area (Å²) in [5.41, 5.74) is 0.615. The summed E-state index contributed by atoms with van der Waals surface area (Å²) in [5, 5.41) is 5.57. The van der Waals surface area contributed by atoms with Crippen LogP contribution in [0.15, 0.2) is 59.6 Å². The maximum Gasteiger partial charge on any atom is 0.249 e. The lowest BCUT2D eigenvalue weighted by Crippen LogP contribution is -2.53. The van der Waals surface area contributed by atoms with Crippen LogP contribution in [-0.2, 0) is 14.3 Å². The number of carbonyl (C=O) groups is 2. The Kier molecular flexibility index (Phi) is 5.71. The maximum atomic E-state index is 12.6. The molecule has 0 unspecified atom stereocenters. The molecule has 1 atom stereocenters. The molecular formula is C21H22N4O4. The predicted molar refractivity (Wildman–Crippen MR) is 108 cm³/mol. The summed E-state index contributed by atoms with van der Waals surface area (Å²) in [6, 6.07) is 15.8. The van der Waals surface area contributed by atoms with E-state index in [1.807, 2.05) is 35.2 Å². The minimum absolute atomic E-state index is 0.0227. The van der Waals surface area contributed by atoms with Crippen LogP contribution in [0, 0.1) is 0 Å². The molecule has 29 heavy (non-hydrogen) atoms. The Morgan fingerprint density at radius 3 is 2.48 bits per heavy atom. The molecule has 8 nitrogen and oxygen atoms in total. The number of hydrogen-bond acceptors (Lipinski definition) is 6.